The number of rotatable bonds is 8. The molecule has 146 valence electrons. The van der Waals surface area contributed by atoms with E-state index in [-0.39, 0.29) is 0 Å². The van der Waals surface area contributed by atoms with Crippen molar-refractivity contribution in [2.24, 2.45) is 0 Å². The van der Waals surface area contributed by atoms with E-state index in [1.165, 1.54) is 0 Å². The summed E-state index contributed by atoms with van der Waals surface area (Å²) < 4.78 is 10.6. The molecule has 0 saturated heterocycles. The molecule has 3 rings (SSSR count). The molecule has 1 heterocycles. The van der Waals surface area contributed by atoms with Crippen molar-refractivity contribution < 1.29 is 9.47 Å². The van der Waals surface area contributed by atoms with Gasteiger partial charge in [-0.2, -0.15) is 10.1 Å². The molecule has 0 bridgehead atoms. The Hall–Kier alpha value is -3.35. The van der Waals surface area contributed by atoms with Crippen molar-refractivity contribution in [3.05, 3.63) is 59.3 Å². The lowest BCUT2D eigenvalue weighted by molar-refractivity contribution is 0.354. The maximum atomic E-state index is 5.34. The highest BCUT2D eigenvalue weighted by molar-refractivity contribution is 5.64. The second-order valence-electron chi connectivity index (χ2n) is 6.42. The SMILES string of the molecule is COc1ccc(CCNc2nncc(Nc3c(C)cccc3C)n2)cc1OC. The molecule has 3 aromatic rings. The molecule has 0 unspecified atom stereocenters. The van der Waals surface area contributed by atoms with Gasteiger partial charge < -0.3 is 20.1 Å². The van der Waals surface area contributed by atoms with Crippen LogP contribution in [0.1, 0.15) is 16.7 Å². The molecule has 0 amide bonds. The van der Waals surface area contributed by atoms with Crippen LogP contribution in [0.15, 0.2) is 42.6 Å². The zero-order valence-corrected chi connectivity index (χ0v) is 16.6. The highest BCUT2D eigenvalue weighted by Crippen LogP contribution is 2.27. The third-order valence-corrected chi connectivity index (χ3v) is 4.44. The van der Waals surface area contributed by atoms with Gasteiger partial charge in [0.15, 0.2) is 17.3 Å². The summed E-state index contributed by atoms with van der Waals surface area (Å²) in [6.07, 6.45) is 2.41. The number of anilines is 3. The van der Waals surface area contributed by atoms with Gasteiger partial charge in [0, 0.05) is 12.2 Å². The molecule has 0 fully saturated rings. The molecule has 2 N–H and O–H groups in total. The third kappa shape index (κ3) is 4.68. The highest BCUT2D eigenvalue weighted by Gasteiger charge is 2.07. The monoisotopic (exact) mass is 379 g/mol. The number of aryl methyl sites for hydroxylation is 2. The van der Waals surface area contributed by atoms with Gasteiger partial charge in [0.05, 0.1) is 20.4 Å². The molecular formula is C21H25N5O2. The summed E-state index contributed by atoms with van der Waals surface area (Å²) in [4.78, 5) is 4.50. The van der Waals surface area contributed by atoms with Gasteiger partial charge in [-0.15, -0.1) is 5.10 Å². The Kier molecular flexibility index (Phi) is 6.26. The molecule has 7 heteroatoms. The molecule has 0 aliphatic heterocycles. The second-order valence-corrected chi connectivity index (χ2v) is 6.42. The van der Waals surface area contributed by atoms with Crippen molar-refractivity contribution in [3.63, 3.8) is 0 Å². The lowest BCUT2D eigenvalue weighted by Crippen LogP contribution is -2.10. The van der Waals surface area contributed by atoms with E-state index >= 15 is 0 Å². The Morgan fingerprint density at radius 1 is 0.964 bits per heavy atom. The predicted molar refractivity (Wildman–Crippen MR) is 111 cm³/mol. The second kappa shape index (κ2) is 9.03. The normalized spacial score (nSPS) is 10.4. The van der Waals surface area contributed by atoms with E-state index in [0.717, 1.165) is 40.3 Å². The van der Waals surface area contributed by atoms with Gasteiger partial charge in [0.1, 0.15) is 0 Å². The third-order valence-electron chi connectivity index (χ3n) is 4.44. The summed E-state index contributed by atoms with van der Waals surface area (Å²) in [7, 11) is 3.26. The summed E-state index contributed by atoms with van der Waals surface area (Å²) in [5.41, 5.74) is 4.48. The van der Waals surface area contributed by atoms with Gasteiger partial charge in [-0.1, -0.05) is 24.3 Å². The first-order valence-electron chi connectivity index (χ1n) is 9.08. The largest absolute Gasteiger partial charge is 0.493 e. The van der Waals surface area contributed by atoms with Crippen molar-refractivity contribution in [2.75, 3.05) is 31.4 Å². The van der Waals surface area contributed by atoms with E-state index < -0.39 is 0 Å². The van der Waals surface area contributed by atoms with Crippen molar-refractivity contribution in [1.82, 2.24) is 15.2 Å². The number of aromatic nitrogens is 3. The molecule has 7 nitrogen and oxygen atoms in total. The first-order valence-corrected chi connectivity index (χ1v) is 9.08. The maximum absolute atomic E-state index is 5.34. The van der Waals surface area contributed by atoms with Crippen LogP contribution in [0.25, 0.3) is 0 Å². The predicted octanol–water partition coefficient (Wildman–Crippen LogP) is 3.90. The Morgan fingerprint density at radius 2 is 1.71 bits per heavy atom. The minimum absolute atomic E-state index is 0.483. The average molecular weight is 379 g/mol. The zero-order valence-electron chi connectivity index (χ0n) is 16.6. The number of para-hydroxylation sites is 1. The minimum Gasteiger partial charge on any atom is -0.493 e. The molecular weight excluding hydrogens is 354 g/mol. The fourth-order valence-corrected chi connectivity index (χ4v) is 2.93. The standard InChI is InChI=1S/C21H25N5O2/c1-14-6-5-7-15(2)20(14)24-19-13-23-26-21(25-19)22-11-10-16-8-9-17(27-3)18(12-16)28-4/h5-9,12-13H,10-11H2,1-4H3,(H2,22,24,25,26). The molecule has 0 saturated carbocycles. The van der Waals surface area contributed by atoms with Crippen LogP contribution in [-0.4, -0.2) is 35.9 Å². The van der Waals surface area contributed by atoms with Crippen molar-refractivity contribution >= 4 is 17.5 Å². The summed E-state index contributed by atoms with van der Waals surface area (Å²) in [6, 6.07) is 12.1. The summed E-state index contributed by atoms with van der Waals surface area (Å²) in [5, 5.41) is 14.7. The van der Waals surface area contributed by atoms with Gasteiger partial charge >= 0.3 is 0 Å². The number of methoxy groups -OCH3 is 2. The quantitative estimate of drug-likeness (QED) is 0.614. The first kappa shape index (κ1) is 19.4. The molecule has 0 spiro atoms. The van der Waals surface area contributed by atoms with Crippen molar-refractivity contribution in [2.45, 2.75) is 20.3 Å². The topological polar surface area (TPSA) is 81.2 Å². The summed E-state index contributed by atoms with van der Waals surface area (Å²) >= 11 is 0. The van der Waals surface area contributed by atoms with Crippen LogP contribution in [0.3, 0.4) is 0 Å². The maximum Gasteiger partial charge on any atom is 0.244 e. The first-order chi connectivity index (χ1) is 13.6. The van der Waals surface area contributed by atoms with Gasteiger partial charge in [-0.25, -0.2) is 0 Å². The van der Waals surface area contributed by atoms with E-state index in [9.17, 15) is 0 Å². The van der Waals surface area contributed by atoms with E-state index in [1.54, 1.807) is 20.4 Å². The van der Waals surface area contributed by atoms with Gasteiger partial charge in [0.25, 0.3) is 0 Å². The lowest BCUT2D eigenvalue weighted by Gasteiger charge is -2.12. The Morgan fingerprint density at radius 3 is 2.43 bits per heavy atom. The molecule has 2 aromatic carbocycles. The summed E-state index contributed by atoms with van der Waals surface area (Å²) in [5.74, 6) is 2.58. The molecule has 0 aliphatic carbocycles. The fourth-order valence-electron chi connectivity index (χ4n) is 2.93. The lowest BCUT2D eigenvalue weighted by atomic mass is 10.1. The van der Waals surface area contributed by atoms with Crippen LogP contribution in [0.2, 0.25) is 0 Å². The Balaban J connectivity index is 1.62. The average Bonchev–Trinajstić information content (AvgIpc) is 2.71. The van der Waals surface area contributed by atoms with Crippen LogP contribution in [-0.2, 0) is 6.42 Å². The van der Waals surface area contributed by atoms with Crippen LogP contribution >= 0.6 is 0 Å². The smallest absolute Gasteiger partial charge is 0.244 e. The van der Waals surface area contributed by atoms with Crippen LogP contribution in [0, 0.1) is 13.8 Å². The van der Waals surface area contributed by atoms with E-state index in [2.05, 4.69) is 51.8 Å². The molecule has 28 heavy (non-hydrogen) atoms. The van der Waals surface area contributed by atoms with Gasteiger partial charge in [-0.05, 0) is 49.1 Å². The van der Waals surface area contributed by atoms with Crippen LogP contribution in [0.5, 0.6) is 11.5 Å². The number of nitrogens with one attached hydrogen (secondary N) is 2. The van der Waals surface area contributed by atoms with Gasteiger partial charge in [0.2, 0.25) is 5.95 Å². The molecule has 0 atom stereocenters. The van der Waals surface area contributed by atoms with Crippen LogP contribution in [0.4, 0.5) is 17.5 Å². The Bertz CT molecular complexity index is 926. The van der Waals surface area contributed by atoms with Gasteiger partial charge in [-0.3, -0.25) is 0 Å². The van der Waals surface area contributed by atoms with Crippen LogP contribution < -0.4 is 20.1 Å². The van der Waals surface area contributed by atoms with E-state index in [4.69, 9.17) is 9.47 Å². The number of ether oxygens (including phenoxy) is 2. The van der Waals surface area contributed by atoms with Crippen molar-refractivity contribution in [1.29, 1.82) is 0 Å². The molecule has 1 aromatic heterocycles. The van der Waals surface area contributed by atoms with Crippen molar-refractivity contribution in [3.8, 4) is 11.5 Å². The number of benzene rings is 2. The minimum atomic E-state index is 0.483. The number of hydrogen-bond acceptors (Lipinski definition) is 7. The fraction of sp³-hybridized carbons (Fsp3) is 0.286. The number of nitrogens with zero attached hydrogens (tertiary/aromatic N) is 3. The molecule has 0 aliphatic rings. The highest BCUT2D eigenvalue weighted by atomic mass is 16.5. The van der Waals surface area contributed by atoms with E-state index in [0.29, 0.717) is 18.3 Å². The zero-order chi connectivity index (χ0) is 19.9. The molecule has 0 radical (unpaired) electrons. The Labute approximate surface area is 165 Å². The van der Waals surface area contributed by atoms with E-state index in [1.807, 2.05) is 24.3 Å². The number of hydrogen-bond donors (Lipinski definition) is 2. The summed E-state index contributed by atoms with van der Waals surface area (Å²) in [6.45, 7) is 4.79.